The van der Waals surface area contributed by atoms with E-state index in [9.17, 15) is 9.90 Å². The van der Waals surface area contributed by atoms with E-state index in [1.54, 1.807) is 37.8 Å². The standard InChI is InChI=1S/C26H26N2O6/c1-15-18(8-16-9-22(31-2)26(30)23(10-16)32-3)20-12-25(33-4)28-14-21(20)19(15)11-24(29)27-13-17-6-5-7-34-17/h5-10,12,14,30H,11,13H2,1-4H3,(H,27,29)/b18-8-. The Bertz CT molecular complexity index is 1250. The Kier molecular flexibility index (Phi) is 6.58. The van der Waals surface area contributed by atoms with Gasteiger partial charge in [-0.25, -0.2) is 4.98 Å². The minimum atomic E-state index is -0.123. The van der Waals surface area contributed by atoms with Crippen molar-refractivity contribution in [3.05, 3.63) is 70.8 Å². The summed E-state index contributed by atoms with van der Waals surface area (Å²) in [6.45, 7) is 2.30. The lowest BCUT2D eigenvalue weighted by molar-refractivity contribution is -0.120. The molecule has 2 N–H and O–H groups in total. The number of aromatic nitrogens is 1. The Morgan fingerprint density at radius 3 is 2.47 bits per heavy atom. The van der Waals surface area contributed by atoms with Crippen LogP contribution in [0.15, 0.2) is 52.8 Å². The van der Waals surface area contributed by atoms with Gasteiger partial charge in [0, 0.05) is 17.8 Å². The van der Waals surface area contributed by atoms with E-state index in [2.05, 4.69) is 10.3 Å². The SMILES string of the molecule is COc1cc2c(cn1)C(CC(=O)NCc1ccco1)=C(C)/C2=C/c1cc(OC)c(O)c(OC)c1. The second-order valence-corrected chi connectivity index (χ2v) is 7.74. The highest BCUT2D eigenvalue weighted by molar-refractivity contribution is 6.08. The zero-order valence-corrected chi connectivity index (χ0v) is 19.5. The van der Waals surface area contributed by atoms with E-state index in [0.717, 1.165) is 33.4 Å². The number of ether oxygens (including phenoxy) is 3. The van der Waals surface area contributed by atoms with Crippen molar-refractivity contribution < 1.29 is 28.5 Å². The van der Waals surface area contributed by atoms with E-state index in [1.807, 2.05) is 25.1 Å². The van der Waals surface area contributed by atoms with Gasteiger partial charge < -0.3 is 29.1 Å². The number of hydrogen-bond acceptors (Lipinski definition) is 7. The molecule has 0 saturated carbocycles. The topological polar surface area (TPSA) is 103 Å². The number of rotatable bonds is 8. The molecule has 0 spiro atoms. The van der Waals surface area contributed by atoms with Crippen LogP contribution in [0.5, 0.6) is 23.1 Å². The van der Waals surface area contributed by atoms with Crippen LogP contribution >= 0.6 is 0 Å². The molecule has 4 rings (SSSR count). The molecule has 0 saturated heterocycles. The number of allylic oxidation sites excluding steroid dienone is 2. The number of carbonyl (C=O) groups is 1. The first kappa shape index (κ1) is 23.0. The van der Waals surface area contributed by atoms with Crippen LogP contribution < -0.4 is 19.5 Å². The first-order valence-corrected chi connectivity index (χ1v) is 10.7. The van der Waals surface area contributed by atoms with Crippen molar-refractivity contribution in [2.45, 2.75) is 19.9 Å². The summed E-state index contributed by atoms with van der Waals surface area (Å²) in [6, 6.07) is 8.90. The van der Waals surface area contributed by atoms with Crippen molar-refractivity contribution >= 4 is 23.1 Å². The number of aromatic hydroxyl groups is 1. The minimum Gasteiger partial charge on any atom is -0.502 e. The Morgan fingerprint density at radius 1 is 1.12 bits per heavy atom. The van der Waals surface area contributed by atoms with Crippen LogP contribution in [0.1, 0.15) is 35.8 Å². The summed E-state index contributed by atoms with van der Waals surface area (Å²) in [5.74, 6) is 1.58. The normalized spacial score (nSPS) is 13.7. The number of nitrogens with zero attached hydrogens (tertiary/aromatic N) is 1. The summed E-state index contributed by atoms with van der Waals surface area (Å²) >= 11 is 0. The molecule has 0 unspecified atom stereocenters. The molecule has 34 heavy (non-hydrogen) atoms. The zero-order valence-electron chi connectivity index (χ0n) is 19.5. The number of benzene rings is 1. The highest BCUT2D eigenvalue weighted by atomic mass is 16.5. The summed E-state index contributed by atoms with van der Waals surface area (Å²) in [7, 11) is 4.53. The van der Waals surface area contributed by atoms with Gasteiger partial charge in [-0.3, -0.25) is 4.79 Å². The number of furan rings is 1. The fraction of sp³-hybridized carbons (Fsp3) is 0.231. The van der Waals surface area contributed by atoms with Crippen molar-refractivity contribution in [1.29, 1.82) is 0 Å². The van der Waals surface area contributed by atoms with Gasteiger partial charge in [0.25, 0.3) is 0 Å². The average molecular weight is 463 g/mol. The average Bonchev–Trinajstić information content (AvgIpc) is 3.46. The summed E-state index contributed by atoms with van der Waals surface area (Å²) in [4.78, 5) is 17.1. The largest absolute Gasteiger partial charge is 0.502 e. The number of fused-ring (bicyclic) bond motifs is 1. The van der Waals surface area contributed by atoms with Gasteiger partial charge in [0.2, 0.25) is 17.5 Å². The van der Waals surface area contributed by atoms with E-state index in [1.165, 1.54) is 14.2 Å². The van der Waals surface area contributed by atoms with Gasteiger partial charge in [-0.1, -0.05) is 0 Å². The molecule has 1 aliphatic rings. The van der Waals surface area contributed by atoms with Gasteiger partial charge in [0.05, 0.1) is 40.6 Å². The number of phenolic OH excluding ortho intramolecular Hbond substituents is 1. The van der Waals surface area contributed by atoms with Crippen molar-refractivity contribution in [3.63, 3.8) is 0 Å². The fourth-order valence-electron chi connectivity index (χ4n) is 3.98. The lowest BCUT2D eigenvalue weighted by atomic mass is 10.0. The predicted octanol–water partition coefficient (Wildman–Crippen LogP) is 4.44. The number of nitrogens with one attached hydrogen (secondary N) is 1. The molecule has 1 aromatic carbocycles. The molecule has 2 heterocycles. The van der Waals surface area contributed by atoms with Crippen LogP contribution in [0.25, 0.3) is 17.2 Å². The number of hydrogen-bond donors (Lipinski definition) is 2. The molecule has 0 bridgehead atoms. The Hall–Kier alpha value is -4.20. The fourth-order valence-corrected chi connectivity index (χ4v) is 3.98. The number of phenols is 1. The van der Waals surface area contributed by atoms with E-state index >= 15 is 0 Å². The maximum absolute atomic E-state index is 12.7. The third-order valence-electron chi connectivity index (χ3n) is 5.75. The quantitative estimate of drug-likeness (QED) is 0.510. The molecule has 2 aromatic heterocycles. The first-order valence-electron chi connectivity index (χ1n) is 10.7. The summed E-state index contributed by atoms with van der Waals surface area (Å²) in [5, 5.41) is 13.2. The van der Waals surface area contributed by atoms with Crippen molar-refractivity contribution in [3.8, 4) is 23.1 Å². The number of amides is 1. The molecule has 8 heteroatoms. The van der Waals surface area contributed by atoms with Crippen molar-refractivity contribution in [2.24, 2.45) is 0 Å². The lowest BCUT2D eigenvalue weighted by Gasteiger charge is -2.11. The van der Waals surface area contributed by atoms with E-state index < -0.39 is 0 Å². The van der Waals surface area contributed by atoms with Crippen LogP contribution in [0, 0.1) is 0 Å². The summed E-state index contributed by atoms with van der Waals surface area (Å²) < 4.78 is 21.2. The van der Waals surface area contributed by atoms with Gasteiger partial charge in [-0.15, -0.1) is 0 Å². The monoisotopic (exact) mass is 462 g/mol. The van der Waals surface area contributed by atoms with Gasteiger partial charge in [-0.05, 0) is 65.1 Å². The molecule has 1 amide bonds. The Balaban J connectivity index is 1.72. The smallest absolute Gasteiger partial charge is 0.224 e. The summed E-state index contributed by atoms with van der Waals surface area (Å²) in [6.07, 6.45) is 5.45. The second kappa shape index (κ2) is 9.74. The van der Waals surface area contributed by atoms with Crippen molar-refractivity contribution in [1.82, 2.24) is 10.3 Å². The van der Waals surface area contributed by atoms with Crippen LogP contribution in [-0.4, -0.2) is 37.3 Å². The maximum atomic E-state index is 12.7. The summed E-state index contributed by atoms with van der Waals surface area (Å²) in [5.41, 5.74) is 5.29. The number of pyridine rings is 1. The molecule has 3 aromatic rings. The molecule has 0 fully saturated rings. The van der Waals surface area contributed by atoms with Crippen LogP contribution in [0.3, 0.4) is 0 Å². The second-order valence-electron chi connectivity index (χ2n) is 7.74. The molecule has 176 valence electrons. The van der Waals surface area contributed by atoms with Crippen LogP contribution in [0.2, 0.25) is 0 Å². The molecule has 8 nitrogen and oxygen atoms in total. The number of methoxy groups -OCH3 is 3. The van der Waals surface area contributed by atoms with Crippen molar-refractivity contribution in [2.75, 3.05) is 21.3 Å². The lowest BCUT2D eigenvalue weighted by Crippen LogP contribution is -2.22. The first-order chi connectivity index (χ1) is 16.4. The molecule has 0 radical (unpaired) electrons. The zero-order chi connectivity index (χ0) is 24.2. The third kappa shape index (κ3) is 4.47. The predicted molar refractivity (Wildman–Crippen MR) is 128 cm³/mol. The molecule has 0 atom stereocenters. The highest BCUT2D eigenvalue weighted by Crippen LogP contribution is 2.45. The van der Waals surface area contributed by atoms with Gasteiger partial charge >= 0.3 is 0 Å². The molecule has 0 aliphatic heterocycles. The van der Waals surface area contributed by atoms with Crippen LogP contribution in [0.4, 0.5) is 0 Å². The molecular formula is C26H26N2O6. The van der Waals surface area contributed by atoms with E-state index in [4.69, 9.17) is 18.6 Å². The highest BCUT2D eigenvalue weighted by Gasteiger charge is 2.27. The molecular weight excluding hydrogens is 436 g/mol. The van der Waals surface area contributed by atoms with Gasteiger partial charge in [0.1, 0.15) is 5.76 Å². The Labute approximate surface area is 197 Å². The van der Waals surface area contributed by atoms with Crippen LogP contribution in [-0.2, 0) is 11.3 Å². The Morgan fingerprint density at radius 2 is 1.85 bits per heavy atom. The maximum Gasteiger partial charge on any atom is 0.224 e. The van der Waals surface area contributed by atoms with E-state index in [0.29, 0.717) is 29.7 Å². The third-order valence-corrected chi connectivity index (χ3v) is 5.75. The van der Waals surface area contributed by atoms with E-state index in [-0.39, 0.29) is 18.1 Å². The van der Waals surface area contributed by atoms with Gasteiger partial charge in [-0.2, -0.15) is 0 Å². The minimum absolute atomic E-state index is 0.0639. The van der Waals surface area contributed by atoms with Gasteiger partial charge in [0.15, 0.2) is 11.5 Å². The molecule has 1 aliphatic carbocycles. The number of carbonyl (C=O) groups excluding carboxylic acids is 1.